The standard InChI is InChI=1S/C14H21N5S/c1-17-12-9(3-2-4-10(12)16)14(5-8(14)6-15)11-7-18-13(20)19-11/h2-4,7-8,10,12,17H,5-6,15-16H2,1H3,(H2,18,19,20)/t8?,10?,12?,14-/m0/s1. The summed E-state index contributed by atoms with van der Waals surface area (Å²) in [5, 5.41) is 3.34. The first-order chi connectivity index (χ1) is 9.63. The minimum absolute atomic E-state index is 0.0159. The molecule has 2 aliphatic carbocycles. The summed E-state index contributed by atoms with van der Waals surface area (Å²) in [5.74, 6) is 0.435. The zero-order valence-electron chi connectivity index (χ0n) is 11.5. The third kappa shape index (κ3) is 1.91. The topological polar surface area (TPSA) is 95.6 Å². The summed E-state index contributed by atoms with van der Waals surface area (Å²) >= 11 is 5.17. The van der Waals surface area contributed by atoms with Crippen molar-refractivity contribution in [2.75, 3.05) is 13.6 Å². The molecule has 0 aliphatic heterocycles. The highest BCUT2D eigenvalue weighted by atomic mass is 32.1. The highest BCUT2D eigenvalue weighted by Crippen LogP contribution is 2.59. The maximum atomic E-state index is 6.21. The van der Waals surface area contributed by atoms with E-state index in [0.717, 1.165) is 12.1 Å². The van der Waals surface area contributed by atoms with Gasteiger partial charge in [0.05, 0.1) is 0 Å². The van der Waals surface area contributed by atoms with Gasteiger partial charge in [-0.1, -0.05) is 18.2 Å². The van der Waals surface area contributed by atoms with E-state index in [4.69, 9.17) is 23.7 Å². The molecule has 4 atom stereocenters. The molecule has 7 N–H and O–H groups in total. The van der Waals surface area contributed by atoms with E-state index in [0.29, 0.717) is 17.2 Å². The lowest BCUT2D eigenvalue weighted by Crippen LogP contribution is -2.48. The van der Waals surface area contributed by atoms with Crippen molar-refractivity contribution in [1.82, 2.24) is 15.3 Å². The Morgan fingerprint density at radius 2 is 2.35 bits per heavy atom. The highest BCUT2D eigenvalue weighted by Gasteiger charge is 2.59. The molecular formula is C14H21N5S. The van der Waals surface area contributed by atoms with Gasteiger partial charge in [0.2, 0.25) is 0 Å². The molecule has 0 bridgehead atoms. The van der Waals surface area contributed by atoms with Crippen LogP contribution >= 0.6 is 12.2 Å². The van der Waals surface area contributed by atoms with E-state index < -0.39 is 0 Å². The zero-order chi connectivity index (χ0) is 14.3. The van der Waals surface area contributed by atoms with Crippen molar-refractivity contribution in [1.29, 1.82) is 0 Å². The second kappa shape index (κ2) is 4.96. The molecule has 0 saturated heterocycles. The molecule has 0 spiro atoms. The number of hydrogen-bond donors (Lipinski definition) is 5. The fourth-order valence-electron chi connectivity index (χ4n) is 3.51. The fourth-order valence-corrected chi connectivity index (χ4v) is 3.68. The molecule has 0 radical (unpaired) electrons. The number of H-pyrrole nitrogens is 2. The monoisotopic (exact) mass is 291 g/mol. The minimum atomic E-state index is -0.0572. The van der Waals surface area contributed by atoms with Gasteiger partial charge in [-0.15, -0.1) is 0 Å². The lowest BCUT2D eigenvalue weighted by molar-refractivity contribution is 0.507. The number of likely N-dealkylation sites (N-methyl/N-ethyl adjacent to an activating group) is 1. The first kappa shape index (κ1) is 13.8. The lowest BCUT2D eigenvalue weighted by atomic mass is 9.80. The van der Waals surface area contributed by atoms with Crippen LogP contribution in [0.15, 0.2) is 30.0 Å². The Morgan fingerprint density at radius 3 is 2.90 bits per heavy atom. The first-order valence-corrected chi connectivity index (χ1v) is 7.34. The van der Waals surface area contributed by atoms with Crippen LogP contribution in [0.25, 0.3) is 0 Å². The number of nitrogens with two attached hydrogens (primary N) is 2. The molecule has 108 valence electrons. The fraction of sp³-hybridized carbons (Fsp3) is 0.500. The third-order valence-electron chi connectivity index (χ3n) is 4.62. The predicted molar refractivity (Wildman–Crippen MR) is 82.9 cm³/mol. The van der Waals surface area contributed by atoms with Gasteiger partial charge in [-0.05, 0) is 43.7 Å². The second-order valence-corrected chi connectivity index (χ2v) is 6.02. The van der Waals surface area contributed by atoms with Gasteiger partial charge in [-0.25, -0.2) is 0 Å². The highest BCUT2D eigenvalue weighted by molar-refractivity contribution is 7.71. The lowest BCUT2D eigenvalue weighted by Gasteiger charge is -2.32. The Hall–Kier alpha value is -1.21. The van der Waals surface area contributed by atoms with E-state index in [1.807, 2.05) is 25.4 Å². The van der Waals surface area contributed by atoms with E-state index in [1.165, 1.54) is 5.57 Å². The summed E-state index contributed by atoms with van der Waals surface area (Å²) in [7, 11) is 1.95. The normalized spacial score (nSPS) is 36.0. The molecule has 1 saturated carbocycles. The van der Waals surface area contributed by atoms with Crippen LogP contribution in [0, 0.1) is 10.7 Å². The SMILES string of the molecule is CNC1C([C@]2(c3c[nH]c(=S)[nH]3)CC2CN)=CC=CC1N. The van der Waals surface area contributed by atoms with Gasteiger partial charge in [-0.3, -0.25) is 0 Å². The minimum Gasteiger partial charge on any atom is -0.337 e. The number of aromatic nitrogens is 2. The Morgan fingerprint density at radius 1 is 1.55 bits per heavy atom. The maximum absolute atomic E-state index is 6.21. The largest absolute Gasteiger partial charge is 0.337 e. The van der Waals surface area contributed by atoms with E-state index >= 15 is 0 Å². The van der Waals surface area contributed by atoms with Gasteiger partial charge in [0.15, 0.2) is 4.77 Å². The first-order valence-electron chi connectivity index (χ1n) is 6.93. The van der Waals surface area contributed by atoms with Gasteiger partial charge in [0, 0.05) is 29.4 Å². The van der Waals surface area contributed by atoms with Gasteiger partial charge in [0.25, 0.3) is 0 Å². The van der Waals surface area contributed by atoms with Crippen molar-refractivity contribution in [2.24, 2.45) is 17.4 Å². The van der Waals surface area contributed by atoms with Gasteiger partial charge in [0.1, 0.15) is 0 Å². The van der Waals surface area contributed by atoms with Crippen LogP contribution in [-0.4, -0.2) is 35.6 Å². The molecule has 1 fully saturated rings. The molecule has 2 aliphatic rings. The van der Waals surface area contributed by atoms with E-state index in [9.17, 15) is 0 Å². The van der Waals surface area contributed by atoms with E-state index in [2.05, 4.69) is 21.4 Å². The number of imidazole rings is 1. The molecule has 3 rings (SSSR count). The van der Waals surface area contributed by atoms with Crippen LogP contribution < -0.4 is 16.8 Å². The van der Waals surface area contributed by atoms with Crippen molar-refractivity contribution in [3.8, 4) is 0 Å². The van der Waals surface area contributed by atoms with Crippen molar-refractivity contribution in [2.45, 2.75) is 23.9 Å². The Bertz CT molecular complexity index is 613. The van der Waals surface area contributed by atoms with Crippen LogP contribution in [0.3, 0.4) is 0 Å². The average molecular weight is 291 g/mol. The Balaban J connectivity index is 2.06. The molecule has 1 aromatic heterocycles. The Labute approximate surface area is 123 Å². The van der Waals surface area contributed by atoms with Gasteiger partial charge >= 0.3 is 0 Å². The summed E-state index contributed by atoms with van der Waals surface area (Å²) in [6, 6.07) is 0.117. The number of nitrogens with one attached hydrogen (secondary N) is 3. The quantitative estimate of drug-likeness (QED) is 0.528. The van der Waals surface area contributed by atoms with Crippen molar-refractivity contribution in [3.63, 3.8) is 0 Å². The number of allylic oxidation sites excluding steroid dienone is 2. The summed E-state index contributed by atoms with van der Waals surface area (Å²) in [6.07, 6.45) is 9.25. The van der Waals surface area contributed by atoms with Gasteiger partial charge in [-0.2, -0.15) is 0 Å². The van der Waals surface area contributed by atoms with Crippen LogP contribution in [0.5, 0.6) is 0 Å². The van der Waals surface area contributed by atoms with Crippen molar-refractivity contribution >= 4 is 12.2 Å². The smallest absolute Gasteiger partial charge is 0.174 e. The molecule has 5 nitrogen and oxygen atoms in total. The van der Waals surface area contributed by atoms with Crippen LogP contribution in [0.4, 0.5) is 0 Å². The summed E-state index contributed by atoms with van der Waals surface area (Å²) in [6.45, 7) is 0.665. The molecule has 1 aromatic rings. The zero-order valence-corrected chi connectivity index (χ0v) is 12.3. The van der Waals surface area contributed by atoms with Gasteiger partial charge < -0.3 is 26.8 Å². The van der Waals surface area contributed by atoms with Crippen molar-refractivity contribution in [3.05, 3.63) is 40.5 Å². The van der Waals surface area contributed by atoms with E-state index in [-0.39, 0.29) is 17.5 Å². The summed E-state index contributed by atoms with van der Waals surface area (Å²) in [5.41, 5.74) is 14.5. The summed E-state index contributed by atoms with van der Waals surface area (Å²) < 4.78 is 0.652. The number of hydrogen-bond acceptors (Lipinski definition) is 4. The van der Waals surface area contributed by atoms with Crippen LogP contribution in [-0.2, 0) is 5.41 Å². The number of rotatable bonds is 4. The number of aromatic amines is 2. The average Bonchev–Trinajstić information content (AvgIpc) is 3.04. The predicted octanol–water partition coefficient (Wildman–Crippen LogP) is 0.700. The van der Waals surface area contributed by atoms with Crippen LogP contribution in [0.1, 0.15) is 12.1 Å². The molecule has 20 heavy (non-hydrogen) atoms. The molecule has 6 heteroatoms. The molecular weight excluding hydrogens is 270 g/mol. The van der Waals surface area contributed by atoms with E-state index in [1.54, 1.807) is 0 Å². The molecule has 0 aromatic carbocycles. The Kier molecular flexibility index (Phi) is 3.41. The molecule has 3 unspecified atom stereocenters. The van der Waals surface area contributed by atoms with Crippen molar-refractivity contribution < 1.29 is 0 Å². The third-order valence-corrected chi connectivity index (χ3v) is 4.84. The second-order valence-electron chi connectivity index (χ2n) is 5.62. The maximum Gasteiger partial charge on any atom is 0.174 e. The van der Waals surface area contributed by atoms with Crippen LogP contribution in [0.2, 0.25) is 0 Å². The molecule has 0 amide bonds. The summed E-state index contributed by atoms with van der Waals surface area (Å²) in [4.78, 5) is 6.33. The molecule has 1 heterocycles.